The number of hydrogen-bond donors (Lipinski definition) is 1. The first-order valence-corrected chi connectivity index (χ1v) is 6.33. The van der Waals surface area contributed by atoms with E-state index < -0.39 is 0 Å². The van der Waals surface area contributed by atoms with Crippen molar-refractivity contribution < 1.29 is 9.15 Å². The lowest BCUT2D eigenvalue weighted by Gasteiger charge is -2.20. The van der Waals surface area contributed by atoms with Gasteiger partial charge in [-0.1, -0.05) is 6.07 Å². The number of nitrogens with one attached hydrogen (secondary N) is 1. The number of allylic oxidation sites excluding steroid dienone is 1. The molecule has 0 saturated heterocycles. The lowest BCUT2D eigenvalue weighted by molar-refractivity contribution is 0.135. The van der Waals surface area contributed by atoms with Crippen LogP contribution in [0, 0.1) is 0 Å². The van der Waals surface area contributed by atoms with Crippen LogP contribution >= 0.6 is 0 Å². The summed E-state index contributed by atoms with van der Waals surface area (Å²) in [6.07, 6.45) is 7.52. The lowest BCUT2D eigenvalue weighted by atomic mass is 10.1. The molecule has 19 heavy (non-hydrogen) atoms. The van der Waals surface area contributed by atoms with E-state index in [1.54, 1.807) is 6.26 Å². The van der Waals surface area contributed by atoms with E-state index in [0.717, 1.165) is 30.6 Å². The van der Waals surface area contributed by atoms with Crippen molar-refractivity contribution in [1.82, 2.24) is 10.2 Å². The summed E-state index contributed by atoms with van der Waals surface area (Å²) in [7, 11) is 0. The normalized spacial score (nSPS) is 18.0. The van der Waals surface area contributed by atoms with Crippen LogP contribution in [0.1, 0.15) is 12.8 Å². The molecule has 2 aromatic rings. The van der Waals surface area contributed by atoms with Crippen molar-refractivity contribution >= 4 is 5.69 Å². The first-order valence-electron chi connectivity index (χ1n) is 6.33. The molecule has 1 aromatic carbocycles. The van der Waals surface area contributed by atoms with Gasteiger partial charge in [-0.3, -0.25) is 0 Å². The maximum atomic E-state index is 5.52. The summed E-state index contributed by atoms with van der Waals surface area (Å²) < 4.78 is 10.7. The Hall–Kier alpha value is -2.30. The van der Waals surface area contributed by atoms with Crippen LogP contribution in [0.25, 0.3) is 11.5 Å². The van der Waals surface area contributed by atoms with Crippen molar-refractivity contribution in [3.05, 3.63) is 43.0 Å². The number of benzene rings is 1. The Kier molecular flexibility index (Phi) is 3.45. The molecule has 3 rings (SSSR count). The van der Waals surface area contributed by atoms with Gasteiger partial charge >= 0.3 is 0 Å². The Balaban J connectivity index is 1.65. The van der Waals surface area contributed by atoms with E-state index in [2.05, 4.69) is 15.5 Å². The van der Waals surface area contributed by atoms with E-state index in [1.165, 1.54) is 6.39 Å². The van der Waals surface area contributed by atoms with E-state index in [4.69, 9.17) is 9.15 Å². The molecule has 0 amide bonds. The van der Waals surface area contributed by atoms with Crippen molar-refractivity contribution in [2.24, 2.45) is 0 Å². The predicted octanol–water partition coefficient (Wildman–Crippen LogP) is 2.84. The summed E-state index contributed by atoms with van der Waals surface area (Å²) in [5.41, 5.74) is 1.93. The molecule has 2 heterocycles. The summed E-state index contributed by atoms with van der Waals surface area (Å²) in [4.78, 5) is 0. The highest BCUT2D eigenvalue weighted by Crippen LogP contribution is 2.20. The molecule has 1 N–H and O–H groups in total. The molecule has 0 aliphatic carbocycles. The minimum Gasteiger partial charge on any atom is -0.497 e. The van der Waals surface area contributed by atoms with Gasteiger partial charge in [-0.2, -0.15) is 0 Å². The van der Waals surface area contributed by atoms with Gasteiger partial charge in [0.2, 0.25) is 12.3 Å². The Morgan fingerprint density at radius 1 is 1.37 bits per heavy atom. The van der Waals surface area contributed by atoms with Gasteiger partial charge in [0.1, 0.15) is 6.10 Å². The third kappa shape index (κ3) is 2.93. The average molecular weight is 257 g/mol. The number of aromatic nitrogens is 2. The van der Waals surface area contributed by atoms with Crippen LogP contribution in [0.15, 0.2) is 47.4 Å². The molecule has 5 heteroatoms. The maximum Gasteiger partial charge on any atom is 0.247 e. The van der Waals surface area contributed by atoms with Gasteiger partial charge in [-0.15, -0.1) is 10.2 Å². The molecule has 1 aliphatic heterocycles. The highest BCUT2D eigenvalue weighted by atomic mass is 16.5. The number of nitrogens with zero attached hydrogens (tertiary/aromatic N) is 2. The molecule has 0 radical (unpaired) electrons. The molecule has 98 valence electrons. The summed E-state index contributed by atoms with van der Waals surface area (Å²) >= 11 is 0. The van der Waals surface area contributed by atoms with Crippen molar-refractivity contribution in [3.63, 3.8) is 0 Å². The Bertz CT molecular complexity index is 552. The Morgan fingerprint density at radius 3 is 3.16 bits per heavy atom. The topological polar surface area (TPSA) is 60.2 Å². The van der Waals surface area contributed by atoms with E-state index in [-0.39, 0.29) is 6.10 Å². The summed E-state index contributed by atoms with van der Waals surface area (Å²) in [6, 6.07) is 7.91. The molecule has 5 nitrogen and oxygen atoms in total. The quantitative estimate of drug-likeness (QED) is 0.912. The van der Waals surface area contributed by atoms with Gasteiger partial charge in [0, 0.05) is 11.3 Å². The predicted molar refractivity (Wildman–Crippen MR) is 71.5 cm³/mol. The highest BCUT2D eigenvalue weighted by Gasteiger charge is 2.10. The first-order chi connectivity index (χ1) is 9.42. The fourth-order valence-corrected chi connectivity index (χ4v) is 2.03. The van der Waals surface area contributed by atoms with Crippen LogP contribution in [-0.2, 0) is 4.74 Å². The summed E-state index contributed by atoms with van der Waals surface area (Å²) in [5.74, 6) is 0.528. The fourth-order valence-electron chi connectivity index (χ4n) is 2.03. The lowest BCUT2D eigenvalue weighted by Crippen LogP contribution is -2.22. The van der Waals surface area contributed by atoms with Crippen LogP contribution in [0.2, 0.25) is 0 Å². The summed E-state index contributed by atoms with van der Waals surface area (Å²) in [6.45, 7) is 0.789. The van der Waals surface area contributed by atoms with E-state index in [1.807, 2.05) is 30.3 Å². The minimum absolute atomic E-state index is 0.233. The molecular formula is C14H15N3O2. The van der Waals surface area contributed by atoms with Gasteiger partial charge in [-0.25, -0.2) is 0 Å². The van der Waals surface area contributed by atoms with Gasteiger partial charge in [-0.05, 0) is 37.1 Å². The van der Waals surface area contributed by atoms with E-state index in [0.29, 0.717) is 5.89 Å². The van der Waals surface area contributed by atoms with Crippen LogP contribution in [0.3, 0.4) is 0 Å². The number of anilines is 1. The van der Waals surface area contributed by atoms with Crippen LogP contribution in [-0.4, -0.2) is 22.8 Å². The van der Waals surface area contributed by atoms with Crippen molar-refractivity contribution in [2.45, 2.75) is 18.9 Å². The van der Waals surface area contributed by atoms with Crippen LogP contribution in [0.4, 0.5) is 5.69 Å². The van der Waals surface area contributed by atoms with Gasteiger partial charge in [0.05, 0.1) is 12.8 Å². The standard InChI is InChI=1S/C14H15N3O2/c1-2-7-18-13(6-1)9-15-12-5-3-4-11(8-12)14-17-16-10-19-14/h2-5,7-8,10,13,15H,1,6,9H2. The van der Waals surface area contributed by atoms with E-state index >= 15 is 0 Å². The molecule has 1 unspecified atom stereocenters. The Morgan fingerprint density at radius 2 is 2.37 bits per heavy atom. The third-order valence-corrected chi connectivity index (χ3v) is 3.03. The number of hydrogen-bond acceptors (Lipinski definition) is 5. The van der Waals surface area contributed by atoms with Gasteiger partial charge in [0.15, 0.2) is 0 Å². The van der Waals surface area contributed by atoms with E-state index in [9.17, 15) is 0 Å². The zero-order valence-electron chi connectivity index (χ0n) is 10.5. The molecular weight excluding hydrogens is 242 g/mol. The third-order valence-electron chi connectivity index (χ3n) is 3.03. The minimum atomic E-state index is 0.233. The average Bonchev–Trinajstić information content (AvgIpc) is 3.01. The van der Waals surface area contributed by atoms with Gasteiger partial charge in [0.25, 0.3) is 0 Å². The monoisotopic (exact) mass is 257 g/mol. The molecule has 0 saturated carbocycles. The van der Waals surface area contributed by atoms with Crippen LogP contribution in [0.5, 0.6) is 0 Å². The smallest absolute Gasteiger partial charge is 0.247 e. The second-order valence-electron chi connectivity index (χ2n) is 4.41. The zero-order valence-corrected chi connectivity index (χ0v) is 10.5. The molecule has 1 aromatic heterocycles. The summed E-state index contributed by atoms with van der Waals surface area (Å²) in [5, 5.41) is 11.0. The molecule has 0 bridgehead atoms. The van der Waals surface area contributed by atoms with Crippen LogP contribution < -0.4 is 5.32 Å². The SMILES string of the molecule is C1=COC(CNc2cccc(-c3nnco3)c2)CC1. The largest absolute Gasteiger partial charge is 0.497 e. The maximum absolute atomic E-state index is 5.52. The highest BCUT2D eigenvalue weighted by molar-refractivity contribution is 5.60. The van der Waals surface area contributed by atoms with Crippen molar-refractivity contribution in [2.75, 3.05) is 11.9 Å². The van der Waals surface area contributed by atoms with Gasteiger partial charge < -0.3 is 14.5 Å². The number of ether oxygens (including phenoxy) is 1. The second-order valence-corrected chi connectivity index (χ2v) is 4.41. The second kappa shape index (κ2) is 5.56. The first kappa shape index (κ1) is 11.8. The van der Waals surface area contributed by atoms with Crippen molar-refractivity contribution in [3.8, 4) is 11.5 Å². The molecule has 0 spiro atoms. The molecule has 1 aliphatic rings. The van der Waals surface area contributed by atoms with Crippen molar-refractivity contribution in [1.29, 1.82) is 0 Å². The molecule has 0 fully saturated rings. The number of rotatable bonds is 4. The zero-order chi connectivity index (χ0) is 12.9. The Labute approximate surface area is 111 Å². The fraction of sp³-hybridized carbons (Fsp3) is 0.286. The molecule has 1 atom stereocenters.